The Kier molecular flexibility index (Phi) is 4.30. The summed E-state index contributed by atoms with van der Waals surface area (Å²) in [4.78, 5) is 25.4. The molecule has 3 rings (SSSR count). The molecule has 0 bridgehead atoms. The van der Waals surface area contributed by atoms with E-state index in [1.54, 1.807) is 12.1 Å². The molecule has 6 nitrogen and oxygen atoms in total. The standard InChI is InChI=1S/C17H15FN2O4S/c1-11-2-5-13(6-3-11)25(23,24)19-17(22)20-9-8-16(21)14-10-12(18)4-7-15(14)20/h2-7,10H,8-9H2,1H3,(H,19,22). The summed E-state index contributed by atoms with van der Waals surface area (Å²) < 4.78 is 40.0. The van der Waals surface area contributed by atoms with Crippen LogP contribution >= 0.6 is 0 Å². The number of carbonyl (C=O) groups is 2. The van der Waals surface area contributed by atoms with Gasteiger partial charge in [-0.1, -0.05) is 17.7 Å². The Balaban J connectivity index is 1.88. The van der Waals surface area contributed by atoms with E-state index in [9.17, 15) is 22.4 Å². The Morgan fingerprint density at radius 3 is 2.52 bits per heavy atom. The molecule has 0 saturated carbocycles. The van der Waals surface area contributed by atoms with Crippen molar-refractivity contribution < 1.29 is 22.4 Å². The number of amides is 2. The molecule has 0 unspecified atom stereocenters. The SMILES string of the molecule is Cc1ccc(S(=O)(=O)NC(=O)N2CCC(=O)c3cc(F)ccc32)cc1. The molecule has 1 aliphatic rings. The Morgan fingerprint density at radius 1 is 1.16 bits per heavy atom. The molecule has 0 saturated heterocycles. The number of hydrogen-bond acceptors (Lipinski definition) is 4. The molecule has 1 aliphatic heterocycles. The van der Waals surface area contributed by atoms with Crippen molar-refractivity contribution in [3.63, 3.8) is 0 Å². The fraction of sp³-hybridized carbons (Fsp3) is 0.176. The third-order valence-electron chi connectivity index (χ3n) is 3.91. The smallest absolute Gasteiger partial charge is 0.294 e. The van der Waals surface area contributed by atoms with Gasteiger partial charge < -0.3 is 0 Å². The molecule has 0 fully saturated rings. The van der Waals surface area contributed by atoms with Crippen LogP contribution in [-0.4, -0.2) is 26.8 Å². The lowest BCUT2D eigenvalue weighted by atomic mass is 10.0. The van der Waals surface area contributed by atoms with Gasteiger partial charge in [-0.25, -0.2) is 22.3 Å². The minimum Gasteiger partial charge on any atom is -0.294 e. The largest absolute Gasteiger partial charge is 0.335 e. The molecular weight excluding hydrogens is 347 g/mol. The van der Waals surface area contributed by atoms with Gasteiger partial charge in [0, 0.05) is 18.5 Å². The van der Waals surface area contributed by atoms with Crippen LogP contribution < -0.4 is 9.62 Å². The van der Waals surface area contributed by atoms with Gasteiger partial charge in [-0.05, 0) is 37.3 Å². The monoisotopic (exact) mass is 362 g/mol. The van der Waals surface area contributed by atoms with Gasteiger partial charge >= 0.3 is 6.03 Å². The summed E-state index contributed by atoms with van der Waals surface area (Å²) in [6, 6.07) is 8.60. The molecule has 1 heterocycles. The highest BCUT2D eigenvalue weighted by Gasteiger charge is 2.30. The lowest BCUT2D eigenvalue weighted by Gasteiger charge is -2.28. The van der Waals surface area contributed by atoms with Gasteiger partial charge in [-0.2, -0.15) is 0 Å². The summed E-state index contributed by atoms with van der Waals surface area (Å²) in [5, 5.41) is 0. The van der Waals surface area contributed by atoms with Crippen molar-refractivity contribution in [2.24, 2.45) is 0 Å². The molecule has 1 N–H and O–H groups in total. The quantitative estimate of drug-likeness (QED) is 0.890. The number of aryl methyl sites for hydroxylation is 1. The van der Waals surface area contributed by atoms with Crippen LogP contribution in [0.15, 0.2) is 47.4 Å². The fourth-order valence-corrected chi connectivity index (χ4v) is 3.55. The van der Waals surface area contributed by atoms with Gasteiger partial charge in [0.15, 0.2) is 5.78 Å². The summed E-state index contributed by atoms with van der Waals surface area (Å²) in [5.74, 6) is -0.887. The molecule has 2 aromatic rings. The number of benzene rings is 2. The molecule has 25 heavy (non-hydrogen) atoms. The zero-order valence-electron chi connectivity index (χ0n) is 13.3. The topological polar surface area (TPSA) is 83.6 Å². The van der Waals surface area contributed by atoms with E-state index in [-0.39, 0.29) is 34.9 Å². The van der Waals surface area contributed by atoms with Gasteiger partial charge in [-0.3, -0.25) is 9.69 Å². The van der Waals surface area contributed by atoms with Crippen molar-refractivity contribution in [1.82, 2.24) is 4.72 Å². The summed E-state index contributed by atoms with van der Waals surface area (Å²) in [7, 11) is -4.05. The minimum absolute atomic E-state index is 0.00550. The molecule has 0 atom stereocenters. The minimum atomic E-state index is -4.05. The first-order chi connectivity index (χ1) is 11.8. The van der Waals surface area contributed by atoms with Crippen molar-refractivity contribution in [1.29, 1.82) is 0 Å². The molecule has 2 amide bonds. The predicted octanol–water partition coefficient (Wildman–Crippen LogP) is 2.63. The van der Waals surface area contributed by atoms with Crippen LogP contribution in [0.2, 0.25) is 0 Å². The number of Topliss-reactive ketones (excluding diaryl/α,β-unsaturated/α-hetero) is 1. The van der Waals surface area contributed by atoms with E-state index in [1.165, 1.54) is 18.2 Å². The summed E-state index contributed by atoms with van der Waals surface area (Å²) in [6.07, 6.45) is -0.00550. The summed E-state index contributed by atoms with van der Waals surface area (Å²) in [5.41, 5.74) is 1.14. The third kappa shape index (κ3) is 3.39. The Morgan fingerprint density at radius 2 is 1.84 bits per heavy atom. The van der Waals surface area contributed by atoms with Gasteiger partial charge in [0.25, 0.3) is 10.0 Å². The molecule has 0 aliphatic carbocycles. The molecular formula is C17H15FN2O4S. The molecule has 0 aromatic heterocycles. The second-order valence-electron chi connectivity index (χ2n) is 5.71. The number of fused-ring (bicyclic) bond motifs is 1. The molecule has 130 valence electrons. The van der Waals surface area contributed by atoms with Crippen molar-refractivity contribution in [3.8, 4) is 0 Å². The number of hydrogen-bond donors (Lipinski definition) is 1. The maximum atomic E-state index is 13.4. The second kappa shape index (κ2) is 6.29. The van der Waals surface area contributed by atoms with E-state index >= 15 is 0 Å². The first kappa shape index (κ1) is 17.1. The zero-order valence-corrected chi connectivity index (χ0v) is 14.1. The van der Waals surface area contributed by atoms with Crippen LogP contribution in [0.4, 0.5) is 14.9 Å². The van der Waals surface area contributed by atoms with Gasteiger partial charge in [0.05, 0.1) is 10.6 Å². The first-order valence-electron chi connectivity index (χ1n) is 7.52. The lowest BCUT2D eigenvalue weighted by Crippen LogP contribution is -2.46. The number of ketones is 1. The van der Waals surface area contributed by atoms with Crippen LogP contribution in [0.3, 0.4) is 0 Å². The first-order valence-corrected chi connectivity index (χ1v) is 9.00. The van der Waals surface area contributed by atoms with Crippen LogP contribution in [0.25, 0.3) is 0 Å². The Bertz CT molecular complexity index is 955. The van der Waals surface area contributed by atoms with Crippen LogP contribution in [-0.2, 0) is 10.0 Å². The van der Waals surface area contributed by atoms with Crippen LogP contribution in [0.5, 0.6) is 0 Å². The molecule has 2 aromatic carbocycles. The number of halogens is 1. The van der Waals surface area contributed by atoms with Crippen molar-refractivity contribution in [2.45, 2.75) is 18.2 Å². The number of nitrogens with zero attached hydrogens (tertiary/aromatic N) is 1. The summed E-state index contributed by atoms with van der Waals surface area (Å²) in [6.45, 7) is 1.84. The van der Waals surface area contributed by atoms with Crippen molar-refractivity contribution in [3.05, 3.63) is 59.4 Å². The Labute approximate surface area is 144 Å². The molecule has 0 radical (unpaired) electrons. The zero-order chi connectivity index (χ0) is 18.2. The molecule has 0 spiro atoms. The van der Waals surface area contributed by atoms with Gasteiger partial charge in [-0.15, -0.1) is 0 Å². The van der Waals surface area contributed by atoms with Crippen molar-refractivity contribution >= 4 is 27.5 Å². The highest BCUT2D eigenvalue weighted by atomic mass is 32.2. The second-order valence-corrected chi connectivity index (χ2v) is 7.39. The van der Waals surface area contributed by atoms with E-state index in [2.05, 4.69) is 0 Å². The van der Waals surface area contributed by atoms with Crippen LogP contribution in [0, 0.1) is 12.7 Å². The van der Waals surface area contributed by atoms with Gasteiger partial charge in [0.2, 0.25) is 0 Å². The fourth-order valence-electron chi connectivity index (χ4n) is 2.59. The molecule has 8 heteroatoms. The van der Waals surface area contributed by atoms with Gasteiger partial charge in [0.1, 0.15) is 5.82 Å². The average Bonchev–Trinajstić information content (AvgIpc) is 2.55. The van der Waals surface area contributed by atoms with E-state index in [0.717, 1.165) is 22.6 Å². The van der Waals surface area contributed by atoms with Crippen molar-refractivity contribution in [2.75, 3.05) is 11.4 Å². The maximum Gasteiger partial charge on any atom is 0.335 e. The predicted molar refractivity (Wildman–Crippen MR) is 89.6 cm³/mol. The van der Waals surface area contributed by atoms with E-state index in [0.29, 0.717) is 0 Å². The average molecular weight is 362 g/mol. The number of urea groups is 1. The van der Waals surface area contributed by atoms with Crippen LogP contribution in [0.1, 0.15) is 22.3 Å². The van der Waals surface area contributed by atoms with E-state index in [1.807, 2.05) is 11.6 Å². The number of nitrogens with one attached hydrogen (secondary N) is 1. The normalized spacial score (nSPS) is 14.2. The Hall–Kier alpha value is -2.74. The van der Waals surface area contributed by atoms with E-state index < -0.39 is 21.9 Å². The summed E-state index contributed by atoms with van der Waals surface area (Å²) >= 11 is 0. The number of sulfonamides is 1. The number of rotatable bonds is 2. The lowest BCUT2D eigenvalue weighted by molar-refractivity contribution is 0.0980. The maximum absolute atomic E-state index is 13.4. The highest BCUT2D eigenvalue weighted by molar-refractivity contribution is 7.90. The van der Waals surface area contributed by atoms with E-state index in [4.69, 9.17) is 0 Å². The highest BCUT2D eigenvalue weighted by Crippen LogP contribution is 2.28. The third-order valence-corrected chi connectivity index (χ3v) is 5.25. The number of anilines is 1. The number of carbonyl (C=O) groups excluding carboxylic acids is 2.